The molecule has 0 bridgehead atoms. The van der Waals surface area contributed by atoms with Crippen molar-refractivity contribution in [2.75, 3.05) is 0 Å². The van der Waals surface area contributed by atoms with E-state index in [1.807, 2.05) is 17.5 Å². The zero-order chi connectivity index (χ0) is 21.4. The molecule has 32 heavy (non-hydrogen) atoms. The largest absolute Gasteiger partial charge is 0.204 e. The summed E-state index contributed by atoms with van der Waals surface area (Å²) in [4.78, 5) is 0.662. The van der Waals surface area contributed by atoms with E-state index in [0.717, 1.165) is 45.1 Å². The molecule has 2 heterocycles. The van der Waals surface area contributed by atoms with E-state index in [1.54, 1.807) is 0 Å². The Morgan fingerprint density at radius 3 is 2.38 bits per heavy atom. The van der Waals surface area contributed by atoms with Gasteiger partial charge in [-0.05, 0) is 55.4 Å². The van der Waals surface area contributed by atoms with E-state index in [2.05, 4.69) is 57.3 Å². The maximum atomic E-state index is 15.1. The third-order valence-corrected chi connectivity index (χ3v) is 7.61. The number of halogens is 2. The number of hydrogen-bond acceptors (Lipinski definition) is 4. The highest BCUT2D eigenvalue weighted by Crippen LogP contribution is 2.46. The minimum Gasteiger partial charge on any atom is -0.204 e. The Morgan fingerprint density at radius 2 is 1.50 bits per heavy atom. The highest BCUT2D eigenvalue weighted by molar-refractivity contribution is 7.14. The number of hydrogen-bond donors (Lipinski definition) is 0. The van der Waals surface area contributed by atoms with Crippen molar-refractivity contribution in [2.45, 2.75) is 0 Å². The van der Waals surface area contributed by atoms with Crippen LogP contribution in [0.15, 0.2) is 72.1 Å². The normalized spacial score (nSPS) is 12.1. The van der Waals surface area contributed by atoms with Gasteiger partial charge in [0.05, 0.1) is 17.3 Å². The van der Waals surface area contributed by atoms with E-state index in [4.69, 9.17) is 0 Å². The fraction of sp³-hybridized carbons (Fsp3) is 0. The van der Waals surface area contributed by atoms with Crippen molar-refractivity contribution in [3.63, 3.8) is 0 Å². The van der Waals surface area contributed by atoms with Crippen LogP contribution in [0.1, 0.15) is 0 Å². The summed E-state index contributed by atoms with van der Waals surface area (Å²) in [6, 6.07) is 22.1. The van der Waals surface area contributed by atoms with E-state index < -0.39 is 11.6 Å². The monoisotopic (exact) mass is 454 g/mol. The van der Waals surface area contributed by atoms with Crippen LogP contribution >= 0.6 is 23.1 Å². The fourth-order valence-electron chi connectivity index (χ4n) is 4.78. The van der Waals surface area contributed by atoms with Gasteiger partial charge in [0.2, 0.25) is 0 Å². The predicted octanol–water partition coefficient (Wildman–Crippen LogP) is 8.26. The maximum Gasteiger partial charge on any atom is 0.169 e. The molecule has 2 nitrogen and oxygen atoms in total. The standard InChI is InChI=1S/C26H12F2N2S2/c27-19-12-20-25(30-32-29-20)23(24(19)28)26-17(9-10-31-26)18-11-15-5-1-3-13-7-8-14-4-2-6-16(18)22(14)21(13)15/h1-12H. The summed E-state index contributed by atoms with van der Waals surface area (Å²) >= 11 is 2.35. The summed E-state index contributed by atoms with van der Waals surface area (Å²) in [6.07, 6.45) is 0. The van der Waals surface area contributed by atoms with Crippen molar-refractivity contribution < 1.29 is 8.78 Å². The lowest BCUT2D eigenvalue weighted by Gasteiger charge is -2.15. The van der Waals surface area contributed by atoms with Crippen LogP contribution in [0.3, 0.4) is 0 Å². The van der Waals surface area contributed by atoms with E-state index in [9.17, 15) is 4.39 Å². The molecule has 6 heteroatoms. The maximum absolute atomic E-state index is 15.1. The van der Waals surface area contributed by atoms with Gasteiger partial charge >= 0.3 is 0 Å². The van der Waals surface area contributed by atoms with E-state index in [-0.39, 0.29) is 5.56 Å². The second-order valence-corrected chi connectivity index (χ2v) is 9.26. The molecule has 5 aromatic carbocycles. The first-order valence-corrected chi connectivity index (χ1v) is 11.7. The van der Waals surface area contributed by atoms with Crippen LogP contribution in [0.2, 0.25) is 0 Å². The Kier molecular flexibility index (Phi) is 3.69. The lowest BCUT2D eigenvalue weighted by Crippen LogP contribution is -1.93. The Bertz CT molecular complexity index is 1820. The molecular weight excluding hydrogens is 442 g/mol. The molecule has 7 rings (SSSR count). The van der Waals surface area contributed by atoms with Gasteiger partial charge in [0.15, 0.2) is 11.6 Å². The van der Waals surface area contributed by atoms with Crippen molar-refractivity contribution in [2.24, 2.45) is 0 Å². The summed E-state index contributed by atoms with van der Waals surface area (Å²) < 4.78 is 38.0. The van der Waals surface area contributed by atoms with Crippen molar-refractivity contribution in [1.82, 2.24) is 8.75 Å². The number of rotatable bonds is 2. The molecule has 0 aliphatic rings. The molecule has 0 amide bonds. The van der Waals surface area contributed by atoms with Gasteiger partial charge in [-0.25, -0.2) is 8.78 Å². The lowest BCUT2D eigenvalue weighted by atomic mass is 9.88. The van der Waals surface area contributed by atoms with E-state index in [0.29, 0.717) is 15.9 Å². The third kappa shape index (κ3) is 2.36. The van der Waals surface area contributed by atoms with Gasteiger partial charge in [-0.2, -0.15) is 8.75 Å². The summed E-state index contributed by atoms with van der Waals surface area (Å²) in [5.74, 6) is -1.79. The number of aromatic nitrogens is 2. The molecular formula is C26H12F2N2S2. The van der Waals surface area contributed by atoms with Crippen molar-refractivity contribution >= 4 is 66.4 Å². The lowest BCUT2D eigenvalue weighted by molar-refractivity contribution is 0.513. The first-order valence-electron chi connectivity index (χ1n) is 10.1. The highest BCUT2D eigenvalue weighted by atomic mass is 32.1. The number of benzene rings is 5. The summed E-state index contributed by atoms with van der Waals surface area (Å²) in [7, 11) is 0. The molecule has 0 spiro atoms. The molecule has 152 valence electrons. The average Bonchev–Trinajstić information content (AvgIpc) is 3.48. The van der Waals surface area contributed by atoms with Crippen LogP contribution < -0.4 is 0 Å². The Labute approximate surface area is 189 Å². The van der Waals surface area contributed by atoms with Gasteiger partial charge in [-0.15, -0.1) is 11.3 Å². The van der Waals surface area contributed by atoms with E-state index in [1.165, 1.54) is 27.5 Å². The van der Waals surface area contributed by atoms with Gasteiger partial charge in [0.25, 0.3) is 0 Å². The molecule has 0 saturated heterocycles. The van der Waals surface area contributed by atoms with Crippen LogP contribution in [0.25, 0.3) is 64.9 Å². The van der Waals surface area contributed by atoms with Crippen LogP contribution in [0.4, 0.5) is 8.78 Å². The molecule has 0 atom stereocenters. The quantitative estimate of drug-likeness (QED) is 0.246. The van der Waals surface area contributed by atoms with Gasteiger partial charge < -0.3 is 0 Å². The fourth-order valence-corrected chi connectivity index (χ4v) is 6.26. The average molecular weight is 455 g/mol. The second-order valence-electron chi connectivity index (χ2n) is 7.82. The summed E-state index contributed by atoms with van der Waals surface area (Å²) in [5, 5.41) is 8.90. The molecule has 0 fully saturated rings. The molecule has 0 saturated carbocycles. The Balaban J connectivity index is 1.62. The number of fused-ring (bicyclic) bond motifs is 1. The topological polar surface area (TPSA) is 25.8 Å². The van der Waals surface area contributed by atoms with E-state index >= 15 is 4.39 Å². The predicted molar refractivity (Wildman–Crippen MR) is 130 cm³/mol. The molecule has 0 unspecified atom stereocenters. The van der Waals surface area contributed by atoms with Crippen LogP contribution in [-0.4, -0.2) is 8.75 Å². The second kappa shape index (κ2) is 6.51. The zero-order valence-corrected chi connectivity index (χ0v) is 18.0. The molecule has 0 N–H and O–H groups in total. The zero-order valence-electron chi connectivity index (χ0n) is 16.4. The Morgan fingerprint density at radius 1 is 0.719 bits per heavy atom. The highest BCUT2D eigenvalue weighted by Gasteiger charge is 2.23. The van der Waals surface area contributed by atoms with Crippen molar-refractivity contribution in [1.29, 1.82) is 0 Å². The first-order chi connectivity index (χ1) is 15.7. The minimum absolute atomic E-state index is 0.184. The molecule has 0 radical (unpaired) electrons. The van der Waals surface area contributed by atoms with Crippen LogP contribution in [0.5, 0.6) is 0 Å². The summed E-state index contributed by atoms with van der Waals surface area (Å²) in [5.41, 5.74) is 2.82. The van der Waals surface area contributed by atoms with Crippen molar-refractivity contribution in [3.8, 4) is 21.6 Å². The Hall–Kier alpha value is -3.48. The molecule has 0 aliphatic carbocycles. The van der Waals surface area contributed by atoms with Crippen LogP contribution in [-0.2, 0) is 0 Å². The molecule has 7 aromatic rings. The third-order valence-electron chi connectivity index (χ3n) is 6.13. The van der Waals surface area contributed by atoms with Crippen LogP contribution in [0, 0.1) is 11.6 Å². The van der Waals surface area contributed by atoms with Gasteiger partial charge in [-0.3, -0.25) is 0 Å². The van der Waals surface area contributed by atoms with Gasteiger partial charge in [0, 0.05) is 16.5 Å². The molecule has 2 aromatic heterocycles. The van der Waals surface area contributed by atoms with Gasteiger partial charge in [0.1, 0.15) is 11.0 Å². The minimum atomic E-state index is -0.908. The number of thiophene rings is 1. The number of nitrogens with zero attached hydrogens (tertiary/aromatic N) is 2. The first kappa shape index (κ1) is 18.1. The van der Waals surface area contributed by atoms with Crippen molar-refractivity contribution in [3.05, 3.63) is 83.7 Å². The SMILES string of the molecule is Fc1cc2nsnc2c(-c2sccc2-c2cc3cccc4ccc5cccc2c5c43)c1F. The molecule has 0 aliphatic heterocycles. The smallest absolute Gasteiger partial charge is 0.169 e. The summed E-state index contributed by atoms with van der Waals surface area (Å²) in [6.45, 7) is 0. The van der Waals surface area contributed by atoms with Gasteiger partial charge in [-0.1, -0.05) is 48.5 Å².